The molecule has 2 amide bonds. The molecule has 1 aliphatic rings. The number of carbonyl (C=O) groups is 3. The zero-order valence-corrected chi connectivity index (χ0v) is 13.9. The van der Waals surface area contributed by atoms with Crippen LogP contribution < -0.4 is 5.14 Å². The monoisotopic (exact) mass is 380 g/mol. The van der Waals surface area contributed by atoms with Gasteiger partial charge in [-0.25, -0.2) is 18.4 Å². The van der Waals surface area contributed by atoms with E-state index in [1.54, 1.807) is 12.1 Å². The third kappa shape index (κ3) is 3.00. The third-order valence-corrected chi connectivity index (χ3v) is 4.66. The van der Waals surface area contributed by atoms with E-state index in [0.29, 0.717) is 5.06 Å². The van der Waals surface area contributed by atoms with Crippen molar-refractivity contribution < 1.29 is 27.6 Å². The van der Waals surface area contributed by atoms with E-state index >= 15 is 0 Å². The molecule has 3 rings (SSSR count). The van der Waals surface area contributed by atoms with Gasteiger partial charge >= 0.3 is 5.97 Å². The van der Waals surface area contributed by atoms with Crippen molar-refractivity contribution in [3.63, 3.8) is 0 Å². The zero-order valence-electron chi connectivity index (χ0n) is 12.3. The lowest BCUT2D eigenvalue weighted by atomic mass is 10.1. The van der Waals surface area contributed by atoms with Crippen LogP contribution >= 0.6 is 11.6 Å². The van der Waals surface area contributed by atoms with E-state index in [-0.39, 0.29) is 26.6 Å². The minimum Gasteiger partial charge on any atom is -0.324 e. The number of carbonyl (C=O) groups excluding carboxylic acids is 3. The van der Waals surface area contributed by atoms with Gasteiger partial charge in [0.25, 0.3) is 11.8 Å². The highest BCUT2D eigenvalue weighted by molar-refractivity contribution is 7.89. The number of imide groups is 1. The lowest BCUT2D eigenvalue weighted by molar-refractivity contribution is -0.0584. The molecule has 2 aromatic rings. The second kappa shape index (κ2) is 5.96. The topological polar surface area (TPSA) is 124 Å². The van der Waals surface area contributed by atoms with Gasteiger partial charge in [-0.2, -0.15) is 0 Å². The summed E-state index contributed by atoms with van der Waals surface area (Å²) in [5.41, 5.74) is -0.181. The molecule has 0 unspecified atom stereocenters. The van der Waals surface area contributed by atoms with Crippen LogP contribution in [0.3, 0.4) is 0 Å². The zero-order chi connectivity index (χ0) is 18.4. The Morgan fingerprint density at radius 1 is 1.04 bits per heavy atom. The Morgan fingerprint density at radius 3 is 2.12 bits per heavy atom. The normalized spacial score (nSPS) is 13.8. The van der Waals surface area contributed by atoms with Crippen molar-refractivity contribution >= 4 is 39.4 Å². The van der Waals surface area contributed by atoms with Gasteiger partial charge in [0.1, 0.15) is 0 Å². The molecule has 0 fully saturated rings. The number of halogens is 1. The van der Waals surface area contributed by atoms with Gasteiger partial charge in [-0.05, 0) is 30.3 Å². The first-order valence-electron chi connectivity index (χ1n) is 6.72. The Kier molecular flexibility index (Phi) is 4.07. The Labute approximate surface area is 146 Å². The highest BCUT2D eigenvalue weighted by Crippen LogP contribution is 2.25. The van der Waals surface area contributed by atoms with Gasteiger partial charge in [-0.15, -0.1) is 0 Å². The summed E-state index contributed by atoms with van der Waals surface area (Å²) in [6.45, 7) is 0. The minimum absolute atomic E-state index is 0.0877. The van der Waals surface area contributed by atoms with E-state index in [0.717, 1.165) is 18.2 Å². The van der Waals surface area contributed by atoms with Crippen molar-refractivity contribution in [2.45, 2.75) is 4.90 Å². The largest absolute Gasteiger partial charge is 0.365 e. The van der Waals surface area contributed by atoms with Crippen molar-refractivity contribution in [3.05, 3.63) is 64.2 Å². The molecule has 1 heterocycles. The average Bonchev–Trinajstić information content (AvgIpc) is 2.79. The summed E-state index contributed by atoms with van der Waals surface area (Å²) in [7, 11) is -4.08. The number of rotatable bonds is 3. The van der Waals surface area contributed by atoms with Crippen LogP contribution in [0.1, 0.15) is 31.1 Å². The van der Waals surface area contributed by atoms with Crippen molar-refractivity contribution in [2.75, 3.05) is 0 Å². The summed E-state index contributed by atoms with van der Waals surface area (Å²) >= 11 is 5.86. The molecule has 128 valence electrons. The van der Waals surface area contributed by atoms with Crippen LogP contribution in [-0.4, -0.2) is 31.3 Å². The number of amides is 2. The number of hydroxylamine groups is 2. The van der Waals surface area contributed by atoms with Crippen LogP contribution in [0.25, 0.3) is 0 Å². The van der Waals surface area contributed by atoms with Crippen molar-refractivity contribution in [1.82, 2.24) is 5.06 Å². The van der Waals surface area contributed by atoms with Crippen LogP contribution in [-0.2, 0) is 14.9 Å². The summed E-state index contributed by atoms with van der Waals surface area (Å²) in [4.78, 5) is 41.0. The summed E-state index contributed by atoms with van der Waals surface area (Å²) < 4.78 is 22.8. The van der Waals surface area contributed by atoms with Crippen molar-refractivity contribution in [3.8, 4) is 0 Å². The Bertz CT molecular complexity index is 999. The first-order valence-corrected chi connectivity index (χ1v) is 8.65. The maximum Gasteiger partial charge on any atom is 0.365 e. The molecule has 25 heavy (non-hydrogen) atoms. The fourth-order valence-electron chi connectivity index (χ4n) is 2.22. The molecule has 1 aliphatic heterocycles. The second-order valence-electron chi connectivity index (χ2n) is 5.02. The number of sulfonamides is 1. The second-order valence-corrected chi connectivity index (χ2v) is 6.98. The van der Waals surface area contributed by atoms with Crippen LogP contribution in [0.15, 0.2) is 47.4 Å². The number of fused-ring (bicyclic) bond motifs is 1. The van der Waals surface area contributed by atoms with Crippen LogP contribution in [0.2, 0.25) is 5.02 Å². The van der Waals surface area contributed by atoms with Crippen LogP contribution in [0.4, 0.5) is 0 Å². The Morgan fingerprint density at radius 2 is 1.60 bits per heavy atom. The molecule has 0 bridgehead atoms. The predicted molar refractivity (Wildman–Crippen MR) is 85.2 cm³/mol. The van der Waals surface area contributed by atoms with E-state index in [4.69, 9.17) is 21.6 Å². The molecule has 2 aromatic carbocycles. The summed E-state index contributed by atoms with van der Waals surface area (Å²) in [6.07, 6.45) is 0. The fraction of sp³-hybridized carbons (Fsp3) is 0. The van der Waals surface area contributed by atoms with Gasteiger partial charge in [-0.1, -0.05) is 28.8 Å². The highest BCUT2D eigenvalue weighted by atomic mass is 35.5. The molecule has 10 heteroatoms. The molecular weight excluding hydrogens is 372 g/mol. The molecule has 0 aromatic heterocycles. The maximum absolute atomic E-state index is 12.3. The molecular formula is C15H9ClN2O6S. The molecule has 2 N–H and O–H groups in total. The van der Waals surface area contributed by atoms with E-state index in [9.17, 15) is 22.8 Å². The van der Waals surface area contributed by atoms with E-state index < -0.39 is 27.8 Å². The summed E-state index contributed by atoms with van der Waals surface area (Å²) in [5.74, 6) is -2.80. The molecule has 0 radical (unpaired) electrons. The molecule has 0 spiro atoms. The number of nitrogens with two attached hydrogens (primary N) is 1. The summed E-state index contributed by atoms with van der Waals surface area (Å²) in [6, 6.07) is 9.09. The number of hydrogen-bond donors (Lipinski definition) is 1. The van der Waals surface area contributed by atoms with E-state index in [1.165, 1.54) is 12.1 Å². The number of primary sulfonamides is 1. The SMILES string of the molecule is NS(=O)(=O)c1ccc(Cl)c(C(=O)ON2C(=O)c3ccccc3C2=O)c1. The molecule has 0 saturated carbocycles. The predicted octanol–water partition coefficient (Wildman–Crippen LogP) is 1.36. The quantitative estimate of drug-likeness (QED) is 0.801. The van der Waals surface area contributed by atoms with Gasteiger partial charge in [0.2, 0.25) is 10.0 Å². The van der Waals surface area contributed by atoms with Gasteiger partial charge in [0.15, 0.2) is 0 Å². The van der Waals surface area contributed by atoms with Gasteiger partial charge in [0.05, 0.1) is 26.6 Å². The van der Waals surface area contributed by atoms with Crippen LogP contribution in [0.5, 0.6) is 0 Å². The van der Waals surface area contributed by atoms with Gasteiger partial charge < -0.3 is 4.84 Å². The maximum atomic E-state index is 12.3. The minimum atomic E-state index is -4.08. The van der Waals surface area contributed by atoms with Gasteiger partial charge in [-0.3, -0.25) is 9.59 Å². The Hall–Kier alpha value is -2.75. The summed E-state index contributed by atoms with van der Waals surface area (Å²) in [5, 5.41) is 5.17. The van der Waals surface area contributed by atoms with Crippen LogP contribution in [0, 0.1) is 0 Å². The first-order chi connectivity index (χ1) is 11.7. The Balaban J connectivity index is 1.92. The van der Waals surface area contributed by atoms with Gasteiger partial charge in [0, 0.05) is 0 Å². The smallest absolute Gasteiger partial charge is 0.324 e. The van der Waals surface area contributed by atoms with Crippen molar-refractivity contribution in [2.24, 2.45) is 5.14 Å². The van der Waals surface area contributed by atoms with Crippen molar-refractivity contribution in [1.29, 1.82) is 0 Å². The van der Waals surface area contributed by atoms with E-state index in [2.05, 4.69) is 0 Å². The third-order valence-electron chi connectivity index (χ3n) is 3.42. The lowest BCUT2D eigenvalue weighted by Crippen LogP contribution is -2.32. The standard InChI is InChI=1S/C15H9ClN2O6S/c16-12-6-5-8(25(17,22)23)7-11(12)15(21)24-18-13(19)9-3-1-2-4-10(9)14(18)20/h1-7H,(H2,17,22,23). The molecule has 8 nitrogen and oxygen atoms in total. The first kappa shape index (κ1) is 17.1. The number of benzene rings is 2. The average molecular weight is 381 g/mol. The molecule has 0 aliphatic carbocycles. The molecule has 0 saturated heterocycles. The van der Waals surface area contributed by atoms with E-state index in [1.807, 2.05) is 0 Å². The highest BCUT2D eigenvalue weighted by Gasteiger charge is 2.39. The number of hydrogen-bond acceptors (Lipinski definition) is 6. The number of nitrogens with zero attached hydrogens (tertiary/aromatic N) is 1. The lowest BCUT2D eigenvalue weighted by Gasteiger charge is -2.13. The fourth-order valence-corrected chi connectivity index (χ4v) is 2.95. The molecule has 0 atom stereocenters.